The van der Waals surface area contributed by atoms with E-state index in [1.807, 2.05) is 36.4 Å². The molecule has 1 aliphatic heterocycles. The van der Waals surface area contributed by atoms with Crippen LogP contribution in [0.15, 0.2) is 70.7 Å². The fraction of sp³-hybridized carbons (Fsp3) is 0.125. The summed E-state index contributed by atoms with van der Waals surface area (Å²) in [5, 5.41) is 13.5. The fourth-order valence-corrected chi connectivity index (χ4v) is 3.69. The van der Waals surface area contributed by atoms with Gasteiger partial charge in [-0.05, 0) is 17.7 Å². The summed E-state index contributed by atoms with van der Waals surface area (Å²) in [5.41, 5.74) is 1.43. The van der Waals surface area contributed by atoms with Gasteiger partial charge in [-0.25, -0.2) is 0 Å². The lowest BCUT2D eigenvalue weighted by molar-refractivity contribution is 0.414. The van der Waals surface area contributed by atoms with E-state index in [2.05, 4.69) is 5.10 Å². The number of hydrazone groups is 1. The highest BCUT2D eigenvalue weighted by Crippen LogP contribution is 2.26. The third-order valence-corrected chi connectivity index (χ3v) is 5.11. The zero-order valence-electron chi connectivity index (χ0n) is 11.6. The van der Waals surface area contributed by atoms with Crippen molar-refractivity contribution in [2.24, 2.45) is 5.10 Å². The average molecular weight is 311 g/mol. The molecule has 0 radical (unpaired) electrons. The van der Waals surface area contributed by atoms with E-state index in [0.29, 0.717) is 5.71 Å². The summed E-state index contributed by atoms with van der Waals surface area (Å²) in [5.74, 6) is 0. The Bertz CT molecular complexity index is 840. The topological polar surface area (TPSA) is 73.5 Å². The highest BCUT2D eigenvalue weighted by molar-refractivity contribution is 7.89. The van der Waals surface area contributed by atoms with Gasteiger partial charge in [0.15, 0.2) is 6.04 Å². The summed E-state index contributed by atoms with van der Waals surface area (Å²) in [6.45, 7) is 0. The van der Waals surface area contributed by atoms with Crippen LogP contribution in [0.2, 0.25) is 0 Å². The highest BCUT2D eigenvalue weighted by Gasteiger charge is 2.36. The molecular formula is C16H13N3O2S. The summed E-state index contributed by atoms with van der Waals surface area (Å²) in [4.78, 5) is 0.133. The Labute approximate surface area is 129 Å². The van der Waals surface area contributed by atoms with E-state index >= 15 is 0 Å². The second-order valence-corrected chi connectivity index (χ2v) is 6.65. The molecule has 0 spiro atoms. The standard InChI is InChI=1S/C16H13N3O2S/c17-12-14-11-16(13-7-3-1-4-8-13)18-19(14)22(20,21)15-9-5-2-6-10-15/h1-10,14H,11H2. The number of rotatable bonds is 3. The number of nitriles is 1. The molecule has 5 nitrogen and oxygen atoms in total. The molecule has 0 aliphatic carbocycles. The number of hydrogen-bond acceptors (Lipinski definition) is 4. The van der Waals surface area contributed by atoms with E-state index in [-0.39, 0.29) is 11.3 Å². The van der Waals surface area contributed by atoms with E-state index < -0.39 is 16.1 Å². The van der Waals surface area contributed by atoms with Gasteiger partial charge in [-0.15, -0.1) is 0 Å². The van der Waals surface area contributed by atoms with Crippen molar-refractivity contribution in [3.63, 3.8) is 0 Å². The predicted molar refractivity (Wildman–Crippen MR) is 82.5 cm³/mol. The Hall–Kier alpha value is -2.65. The first-order valence-corrected chi connectivity index (χ1v) is 8.19. The first kappa shape index (κ1) is 14.3. The van der Waals surface area contributed by atoms with Crippen LogP contribution in [0.1, 0.15) is 12.0 Å². The van der Waals surface area contributed by atoms with Gasteiger partial charge in [0, 0.05) is 6.42 Å². The van der Waals surface area contributed by atoms with E-state index in [9.17, 15) is 13.7 Å². The van der Waals surface area contributed by atoms with Crippen LogP contribution < -0.4 is 0 Å². The zero-order valence-corrected chi connectivity index (χ0v) is 12.4. The summed E-state index contributed by atoms with van der Waals surface area (Å²) in [6.07, 6.45) is 0.284. The van der Waals surface area contributed by atoms with Gasteiger partial charge in [-0.3, -0.25) is 0 Å². The summed E-state index contributed by atoms with van der Waals surface area (Å²) < 4.78 is 26.2. The van der Waals surface area contributed by atoms with Gasteiger partial charge >= 0.3 is 0 Å². The predicted octanol–water partition coefficient (Wildman–Crippen LogP) is 2.38. The van der Waals surface area contributed by atoms with Crippen molar-refractivity contribution < 1.29 is 8.42 Å². The van der Waals surface area contributed by atoms with Crippen molar-refractivity contribution >= 4 is 15.7 Å². The molecule has 1 unspecified atom stereocenters. The Kier molecular flexibility index (Phi) is 3.65. The number of sulfonamides is 1. The minimum absolute atomic E-state index is 0.133. The molecular weight excluding hydrogens is 298 g/mol. The SMILES string of the molecule is N#CC1CC(c2ccccc2)=NN1S(=O)(=O)c1ccccc1. The quantitative estimate of drug-likeness (QED) is 0.873. The van der Waals surface area contributed by atoms with Crippen molar-refractivity contribution in [1.29, 1.82) is 5.26 Å². The first-order chi connectivity index (χ1) is 10.6. The number of nitrogens with zero attached hydrogens (tertiary/aromatic N) is 3. The minimum Gasteiger partial charge on any atom is -0.200 e. The van der Waals surface area contributed by atoms with Crippen molar-refractivity contribution in [3.05, 3.63) is 66.2 Å². The third kappa shape index (κ3) is 2.47. The second-order valence-electron chi connectivity index (χ2n) is 4.85. The van der Waals surface area contributed by atoms with Gasteiger partial charge in [0.1, 0.15) is 0 Å². The van der Waals surface area contributed by atoms with Crippen molar-refractivity contribution in [1.82, 2.24) is 4.41 Å². The molecule has 1 atom stereocenters. The van der Waals surface area contributed by atoms with Gasteiger partial charge in [0.25, 0.3) is 10.0 Å². The summed E-state index contributed by atoms with van der Waals surface area (Å²) in [7, 11) is -3.82. The number of benzene rings is 2. The molecule has 0 aromatic heterocycles. The molecule has 110 valence electrons. The lowest BCUT2D eigenvalue weighted by Crippen LogP contribution is -2.31. The van der Waals surface area contributed by atoms with Crippen LogP contribution in [0.3, 0.4) is 0 Å². The van der Waals surface area contributed by atoms with Crippen LogP contribution in [-0.4, -0.2) is 24.6 Å². The van der Waals surface area contributed by atoms with Crippen LogP contribution in [0.4, 0.5) is 0 Å². The van der Waals surface area contributed by atoms with Crippen LogP contribution in [0.5, 0.6) is 0 Å². The molecule has 0 fully saturated rings. The lowest BCUT2D eigenvalue weighted by atomic mass is 10.1. The van der Waals surface area contributed by atoms with E-state index in [1.165, 1.54) is 12.1 Å². The van der Waals surface area contributed by atoms with Gasteiger partial charge in [0.2, 0.25) is 0 Å². The molecule has 3 rings (SSSR count). The fourth-order valence-electron chi connectivity index (χ4n) is 2.31. The molecule has 0 bridgehead atoms. The zero-order chi connectivity index (χ0) is 15.6. The van der Waals surface area contributed by atoms with Gasteiger partial charge in [0.05, 0.1) is 16.7 Å². The monoisotopic (exact) mass is 311 g/mol. The Balaban J connectivity index is 2.02. The van der Waals surface area contributed by atoms with Crippen molar-refractivity contribution in [3.8, 4) is 6.07 Å². The van der Waals surface area contributed by atoms with Gasteiger partial charge < -0.3 is 0 Å². The molecule has 0 saturated heterocycles. The van der Waals surface area contributed by atoms with E-state index in [0.717, 1.165) is 9.98 Å². The van der Waals surface area contributed by atoms with Crippen molar-refractivity contribution in [2.75, 3.05) is 0 Å². The molecule has 0 N–H and O–H groups in total. The number of hydrogen-bond donors (Lipinski definition) is 0. The Morgan fingerprint density at radius 2 is 1.64 bits per heavy atom. The largest absolute Gasteiger partial charge is 0.280 e. The molecule has 6 heteroatoms. The van der Waals surface area contributed by atoms with Crippen LogP contribution in [0.25, 0.3) is 0 Å². The van der Waals surface area contributed by atoms with Gasteiger partial charge in [-0.2, -0.15) is 23.2 Å². The molecule has 2 aromatic rings. The smallest absolute Gasteiger partial charge is 0.200 e. The first-order valence-electron chi connectivity index (χ1n) is 6.75. The summed E-state index contributed by atoms with van der Waals surface area (Å²) in [6, 6.07) is 18.5. The van der Waals surface area contributed by atoms with Crippen LogP contribution in [0, 0.1) is 11.3 Å². The molecule has 1 heterocycles. The van der Waals surface area contributed by atoms with Gasteiger partial charge in [-0.1, -0.05) is 48.5 Å². The maximum Gasteiger partial charge on any atom is 0.280 e. The Morgan fingerprint density at radius 1 is 1.05 bits per heavy atom. The maximum atomic E-state index is 12.6. The van der Waals surface area contributed by atoms with E-state index in [1.54, 1.807) is 18.2 Å². The second kappa shape index (κ2) is 5.62. The normalized spacial score (nSPS) is 17.9. The lowest BCUT2D eigenvalue weighted by Gasteiger charge is -2.17. The molecule has 0 amide bonds. The minimum atomic E-state index is -3.82. The van der Waals surface area contributed by atoms with Crippen molar-refractivity contribution in [2.45, 2.75) is 17.4 Å². The van der Waals surface area contributed by atoms with Crippen LogP contribution >= 0.6 is 0 Å². The molecule has 1 aliphatic rings. The molecule has 0 saturated carbocycles. The van der Waals surface area contributed by atoms with E-state index in [4.69, 9.17) is 0 Å². The summed E-state index contributed by atoms with van der Waals surface area (Å²) >= 11 is 0. The third-order valence-electron chi connectivity index (χ3n) is 3.42. The Morgan fingerprint density at radius 3 is 2.23 bits per heavy atom. The highest BCUT2D eigenvalue weighted by atomic mass is 32.2. The molecule has 2 aromatic carbocycles. The van der Waals surface area contributed by atoms with Crippen LogP contribution in [-0.2, 0) is 10.0 Å². The molecule has 22 heavy (non-hydrogen) atoms. The maximum absolute atomic E-state index is 12.6. The average Bonchev–Trinajstić information content (AvgIpc) is 3.02.